The molecule has 2 rings (SSSR count). The van der Waals surface area contributed by atoms with E-state index in [4.69, 9.17) is 14.2 Å². The zero-order valence-corrected chi connectivity index (χ0v) is 18.1. The number of anilines is 1. The van der Waals surface area contributed by atoms with E-state index >= 15 is 0 Å². The predicted molar refractivity (Wildman–Crippen MR) is 110 cm³/mol. The second kappa shape index (κ2) is 9.83. The van der Waals surface area contributed by atoms with Crippen molar-refractivity contribution in [2.45, 2.75) is 20.8 Å². The number of hydrogen-bond donors (Lipinski definition) is 1. The summed E-state index contributed by atoms with van der Waals surface area (Å²) in [4.78, 5) is 12.7. The second-order valence-corrected chi connectivity index (χ2v) is 6.95. The van der Waals surface area contributed by atoms with Crippen LogP contribution in [0.4, 0.5) is 5.69 Å². The summed E-state index contributed by atoms with van der Waals surface area (Å²) < 4.78 is 18.7. The van der Waals surface area contributed by atoms with E-state index in [1.165, 1.54) is 0 Å². The Morgan fingerprint density at radius 1 is 0.923 bits per heavy atom. The van der Waals surface area contributed by atoms with Gasteiger partial charge in [-0.15, -0.1) is 0 Å². The van der Waals surface area contributed by atoms with E-state index in [9.17, 15) is 4.79 Å². The number of amides is 1. The number of ether oxygens (including phenoxy) is 3. The molecule has 0 heterocycles. The van der Waals surface area contributed by atoms with Crippen molar-refractivity contribution in [2.75, 3.05) is 25.1 Å². The Morgan fingerprint density at radius 2 is 1.50 bits per heavy atom. The van der Waals surface area contributed by atoms with Crippen molar-refractivity contribution in [3.63, 3.8) is 0 Å². The van der Waals surface area contributed by atoms with Gasteiger partial charge in [-0.1, -0.05) is 15.9 Å². The minimum absolute atomic E-state index is 0.266. The Hall–Kier alpha value is -1.73. The van der Waals surface area contributed by atoms with E-state index in [-0.39, 0.29) is 5.91 Å². The third kappa shape index (κ3) is 5.14. The maximum absolute atomic E-state index is 12.7. The molecule has 0 spiro atoms. The van der Waals surface area contributed by atoms with E-state index in [0.29, 0.717) is 48.3 Å². The number of nitrogens with one attached hydrogen (secondary N) is 1. The highest BCUT2D eigenvalue weighted by Crippen LogP contribution is 2.39. The molecule has 0 fully saturated rings. The van der Waals surface area contributed by atoms with Crippen LogP contribution in [-0.2, 0) is 0 Å². The average Bonchev–Trinajstić information content (AvgIpc) is 2.60. The van der Waals surface area contributed by atoms with Crippen LogP contribution in [-0.4, -0.2) is 25.7 Å². The van der Waals surface area contributed by atoms with Crippen molar-refractivity contribution in [1.29, 1.82) is 0 Å². The van der Waals surface area contributed by atoms with Gasteiger partial charge in [-0.3, -0.25) is 4.79 Å². The third-order valence-electron chi connectivity index (χ3n) is 3.35. The Balaban J connectivity index is 2.38. The second-order valence-electron chi connectivity index (χ2n) is 5.18. The van der Waals surface area contributed by atoms with E-state index < -0.39 is 0 Å². The zero-order valence-electron chi connectivity index (χ0n) is 14.9. The van der Waals surface area contributed by atoms with Crippen LogP contribution >= 0.6 is 31.9 Å². The van der Waals surface area contributed by atoms with Crippen molar-refractivity contribution < 1.29 is 19.0 Å². The Labute approximate surface area is 170 Å². The summed E-state index contributed by atoms with van der Waals surface area (Å²) in [6.45, 7) is 7.02. The predicted octanol–water partition coefficient (Wildman–Crippen LogP) is 5.66. The maximum atomic E-state index is 12.7. The van der Waals surface area contributed by atoms with Gasteiger partial charge in [-0.05, 0) is 67.0 Å². The third-order valence-corrected chi connectivity index (χ3v) is 4.50. The number of hydrogen-bond acceptors (Lipinski definition) is 4. The Kier molecular flexibility index (Phi) is 7.78. The first-order valence-corrected chi connectivity index (χ1v) is 9.91. The molecule has 0 aliphatic carbocycles. The van der Waals surface area contributed by atoms with Gasteiger partial charge in [0.25, 0.3) is 5.91 Å². The molecule has 0 aliphatic rings. The number of benzene rings is 2. The summed E-state index contributed by atoms with van der Waals surface area (Å²) in [5, 5.41) is 2.89. The summed E-state index contributed by atoms with van der Waals surface area (Å²) in [6.07, 6.45) is 0. The largest absolute Gasteiger partial charge is 0.490 e. The van der Waals surface area contributed by atoms with Crippen LogP contribution < -0.4 is 19.5 Å². The van der Waals surface area contributed by atoms with Crippen LogP contribution in [0.15, 0.2) is 39.3 Å². The van der Waals surface area contributed by atoms with Crippen LogP contribution in [0.2, 0.25) is 0 Å². The molecule has 0 bridgehead atoms. The maximum Gasteiger partial charge on any atom is 0.255 e. The van der Waals surface area contributed by atoms with Crippen LogP contribution in [0.5, 0.6) is 17.2 Å². The van der Waals surface area contributed by atoms with Crippen molar-refractivity contribution in [2.24, 2.45) is 0 Å². The SMILES string of the molecule is CCOc1cc(C(=O)Nc2ccc(Br)cc2Br)cc(OCC)c1OCC. The molecule has 2 aromatic carbocycles. The normalized spacial score (nSPS) is 10.3. The summed E-state index contributed by atoms with van der Waals surface area (Å²) in [5.74, 6) is 1.22. The molecular formula is C19H21Br2NO4. The lowest BCUT2D eigenvalue weighted by Crippen LogP contribution is -2.13. The highest BCUT2D eigenvalue weighted by Gasteiger charge is 2.19. The van der Waals surface area contributed by atoms with E-state index in [2.05, 4.69) is 37.2 Å². The molecule has 0 radical (unpaired) electrons. The molecule has 0 saturated heterocycles. The van der Waals surface area contributed by atoms with Gasteiger partial charge in [0.2, 0.25) is 5.75 Å². The summed E-state index contributed by atoms with van der Waals surface area (Å²) in [7, 11) is 0. The molecule has 0 aromatic heterocycles. The van der Waals surface area contributed by atoms with Gasteiger partial charge < -0.3 is 19.5 Å². The van der Waals surface area contributed by atoms with Crippen molar-refractivity contribution in [3.05, 3.63) is 44.8 Å². The Bertz CT molecular complexity index is 753. The highest BCUT2D eigenvalue weighted by atomic mass is 79.9. The molecule has 0 atom stereocenters. The van der Waals surface area contributed by atoms with E-state index in [0.717, 1.165) is 8.95 Å². The van der Waals surface area contributed by atoms with Crippen LogP contribution in [0, 0.1) is 0 Å². The molecule has 1 N–H and O–H groups in total. The smallest absolute Gasteiger partial charge is 0.255 e. The van der Waals surface area contributed by atoms with Crippen molar-refractivity contribution >= 4 is 43.5 Å². The molecule has 140 valence electrons. The standard InChI is InChI=1S/C19H21Br2NO4/c1-4-24-16-9-12(10-17(25-5-2)18(16)26-6-3)19(23)22-15-8-7-13(20)11-14(15)21/h7-11H,4-6H2,1-3H3,(H,22,23). The van der Waals surface area contributed by atoms with Crippen molar-refractivity contribution in [3.8, 4) is 17.2 Å². The van der Waals surface area contributed by atoms with Crippen molar-refractivity contribution in [1.82, 2.24) is 0 Å². The minimum atomic E-state index is -0.266. The molecule has 0 unspecified atom stereocenters. The Morgan fingerprint density at radius 3 is 2.00 bits per heavy atom. The fourth-order valence-electron chi connectivity index (χ4n) is 2.31. The lowest BCUT2D eigenvalue weighted by atomic mass is 10.1. The number of rotatable bonds is 8. The first-order chi connectivity index (χ1) is 12.5. The molecule has 2 aromatic rings. The fourth-order valence-corrected chi connectivity index (χ4v) is 3.45. The molecule has 7 heteroatoms. The highest BCUT2D eigenvalue weighted by molar-refractivity contribution is 9.11. The van der Waals surface area contributed by atoms with E-state index in [1.54, 1.807) is 12.1 Å². The van der Waals surface area contributed by atoms with Gasteiger partial charge in [-0.25, -0.2) is 0 Å². The van der Waals surface area contributed by atoms with E-state index in [1.807, 2.05) is 39.0 Å². The van der Waals surface area contributed by atoms with Gasteiger partial charge >= 0.3 is 0 Å². The lowest BCUT2D eigenvalue weighted by Gasteiger charge is -2.17. The lowest BCUT2D eigenvalue weighted by molar-refractivity contribution is 0.102. The molecule has 26 heavy (non-hydrogen) atoms. The first-order valence-electron chi connectivity index (χ1n) is 8.32. The summed E-state index contributed by atoms with van der Waals surface area (Å²) in [6, 6.07) is 8.87. The summed E-state index contributed by atoms with van der Waals surface area (Å²) >= 11 is 6.84. The van der Waals surface area contributed by atoms with Crippen LogP contribution in [0.3, 0.4) is 0 Å². The fraction of sp³-hybridized carbons (Fsp3) is 0.316. The zero-order chi connectivity index (χ0) is 19.1. The van der Waals surface area contributed by atoms with Gasteiger partial charge in [0, 0.05) is 14.5 Å². The average molecular weight is 487 g/mol. The molecule has 5 nitrogen and oxygen atoms in total. The number of carbonyl (C=O) groups is 1. The van der Waals surface area contributed by atoms with Gasteiger partial charge in [-0.2, -0.15) is 0 Å². The molecule has 0 saturated carbocycles. The number of carbonyl (C=O) groups excluding carboxylic acids is 1. The number of halogens is 2. The van der Waals surface area contributed by atoms with Crippen LogP contribution in [0.25, 0.3) is 0 Å². The first kappa shape index (κ1) is 20.6. The van der Waals surface area contributed by atoms with Crippen LogP contribution in [0.1, 0.15) is 31.1 Å². The monoisotopic (exact) mass is 485 g/mol. The topological polar surface area (TPSA) is 56.8 Å². The van der Waals surface area contributed by atoms with Gasteiger partial charge in [0.15, 0.2) is 11.5 Å². The summed E-state index contributed by atoms with van der Waals surface area (Å²) in [5.41, 5.74) is 1.10. The minimum Gasteiger partial charge on any atom is -0.490 e. The van der Waals surface area contributed by atoms with Gasteiger partial charge in [0.05, 0.1) is 25.5 Å². The molecule has 0 aliphatic heterocycles. The molecular weight excluding hydrogens is 466 g/mol. The quantitative estimate of drug-likeness (QED) is 0.523. The van der Waals surface area contributed by atoms with Gasteiger partial charge in [0.1, 0.15) is 0 Å². The molecule has 1 amide bonds.